The van der Waals surface area contributed by atoms with E-state index in [1.54, 1.807) is 18.5 Å². The Bertz CT molecular complexity index is 616. The quantitative estimate of drug-likeness (QED) is 0.501. The molecule has 110 valence electrons. The van der Waals surface area contributed by atoms with Crippen LogP contribution < -0.4 is 5.73 Å². The van der Waals surface area contributed by atoms with Gasteiger partial charge in [-0.05, 0) is 29.8 Å². The van der Waals surface area contributed by atoms with Crippen molar-refractivity contribution in [2.24, 2.45) is 0 Å². The van der Waals surface area contributed by atoms with Crippen molar-refractivity contribution in [3.8, 4) is 0 Å². The summed E-state index contributed by atoms with van der Waals surface area (Å²) in [6, 6.07) is 8.85. The highest BCUT2D eigenvalue weighted by molar-refractivity contribution is 5.62. The van der Waals surface area contributed by atoms with Crippen molar-refractivity contribution < 1.29 is 4.92 Å². The van der Waals surface area contributed by atoms with Crippen LogP contribution in [0.25, 0.3) is 0 Å². The van der Waals surface area contributed by atoms with Crippen LogP contribution in [0.1, 0.15) is 18.1 Å². The molecule has 2 N–H and O–H groups in total. The van der Waals surface area contributed by atoms with Gasteiger partial charge in [0.25, 0.3) is 5.69 Å². The van der Waals surface area contributed by atoms with Gasteiger partial charge in [0.2, 0.25) is 0 Å². The number of nitro benzene ring substituents is 1. The van der Waals surface area contributed by atoms with Crippen LogP contribution in [-0.2, 0) is 13.1 Å². The highest BCUT2D eigenvalue weighted by Crippen LogP contribution is 2.26. The number of hydrogen-bond donors (Lipinski definition) is 1. The minimum atomic E-state index is -0.446. The molecule has 2 aromatic rings. The van der Waals surface area contributed by atoms with E-state index < -0.39 is 4.92 Å². The molecule has 2 rings (SSSR count). The predicted octanol–water partition coefficient (Wildman–Crippen LogP) is 2.59. The molecule has 0 unspecified atom stereocenters. The largest absolute Gasteiger partial charge is 0.393 e. The second-order valence-corrected chi connectivity index (χ2v) is 4.77. The topological polar surface area (TPSA) is 85.3 Å². The fourth-order valence-electron chi connectivity index (χ4n) is 2.16. The minimum Gasteiger partial charge on any atom is -0.393 e. The SMILES string of the molecule is CCN(Cc1ccncc1)Cc1cccc([N+](=O)[O-])c1N. The first-order valence-corrected chi connectivity index (χ1v) is 6.74. The molecule has 0 fully saturated rings. The maximum Gasteiger partial charge on any atom is 0.292 e. The van der Waals surface area contributed by atoms with Crippen LogP contribution in [0.15, 0.2) is 42.7 Å². The van der Waals surface area contributed by atoms with E-state index in [2.05, 4.69) is 16.8 Å². The lowest BCUT2D eigenvalue weighted by atomic mass is 10.1. The molecule has 1 aromatic heterocycles. The van der Waals surface area contributed by atoms with Crippen molar-refractivity contribution in [2.45, 2.75) is 20.0 Å². The summed E-state index contributed by atoms with van der Waals surface area (Å²) in [6.07, 6.45) is 3.51. The van der Waals surface area contributed by atoms with Crippen LogP contribution >= 0.6 is 0 Å². The molecule has 6 nitrogen and oxygen atoms in total. The Kier molecular flexibility index (Phi) is 4.84. The standard InChI is InChI=1S/C15H18N4O2/c1-2-18(10-12-6-8-17-9-7-12)11-13-4-3-5-14(15(13)16)19(20)21/h3-9H,2,10-11,16H2,1H3. The van der Waals surface area contributed by atoms with Crippen LogP contribution in [0.2, 0.25) is 0 Å². The minimum absolute atomic E-state index is 0.0348. The number of nitrogens with zero attached hydrogens (tertiary/aromatic N) is 3. The summed E-state index contributed by atoms with van der Waals surface area (Å²) < 4.78 is 0. The van der Waals surface area contributed by atoms with Gasteiger partial charge in [0.1, 0.15) is 5.69 Å². The third-order valence-electron chi connectivity index (χ3n) is 3.37. The molecule has 0 saturated carbocycles. The average molecular weight is 286 g/mol. The number of nitrogen functional groups attached to an aromatic ring is 1. The number of hydrogen-bond acceptors (Lipinski definition) is 5. The number of benzene rings is 1. The maximum absolute atomic E-state index is 10.9. The monoisotopic (exact) mass is 286 g/mol. The lowest BCUT2D eigenvalue weighted by Crippen LogP contribution is -2.23. The Hall–Kier alpha value is -2.47. The zero-order valence-electron chi connectivity index (χ0n) is 11.9. The Morgan fingerprint density at radius 2 is 1.95 bits per heavy atom. The van der Waals surface area contributed by atoms with Crippen molar-refractivity contribution >= 4 is 11.4 Å². The lowest BCUT2D eigenvalue weighted by Gasteiger charge is -2.21. The van der Waals surface area contributed by atoms with Gasteiger partial charge in [-0.1, -0.05) is 19.1 Å². The van der Waals surface area contributed by atoms with Crippen LogP contribution in [0.4, 0.5) is 11.4 Å². The van der Waals surface area contributed by atoms with E-state index in [4.69, 9.17) is 5.73 Å². The van der Waals surface area contributed by atoms with Crippen LogP contribution in [0.5, 0.6) is 0 Å². The molecule has 0 spiro atoms. The molecule has 1 heterocycles. The van der Waals surface area contributed by atoms with E-state index in [1.807, 2.05) is 18.2 Å². The summed E-state index contributed by atoms with van der Waals surface area (Å²) in [5, 5.41) is 10.9. The van der Waals surface area contributed by atoms with Gasteiger partial charge in [0.05, 0.1) is 4.92 Å². The first kappa shape index (κ1) is 14.9. The summed E-state index contributed by atoms with van der Waals surface area (Å²) >= 11 is 0. The van der Waals surface area contributed by atoms with Gasteiger partial charge in [0, 0.05) is 31.5 Å². The smallest absolute Gasteiger partial charge is 0.292 e. The number of nitro groups is 1. The predicted molar refractivity (Wildman–Crippen MR) is 81.5 cm³/mol. The second kappa shape index (κ2) is 6.81. The number of aromatic nitrogens is 1. The summed E-state index contributed by atoms with van der Waals surface area (Å²) in [5.41, 5.74) is 8.04. The Labute approximate surface area is 123 Å². The summed E-state index contributed by atoms with van der Waals surface area (Å²) in [4.78, 5) is 16.6. The normalized spacial score (nSPS) is 10.8. The number of rotatable bonds is 6. The summed E-state index contributed by atoms with van der Waals surface area (Å²) in [6.45, 7) is 4.20. The van der Waals surface area contributed by atoms with Crippen molar-refractivity contribution in [3.63, 3.8) is 0 Å². The van der Waals surface area contributed by atoms with E-state index >= 15 is 0 Å². The Morgan fingerprint density at radius 3 is 2.57 bits per heavy atom. The van der Waals surface area contributed by atoms with Crippen LogP contribution in [-0.4, -0.2) is 21.4 Å². The molecule has 0 aliphatic rings. The van der Waals surface area contributed by atoms with Crippen LogP contribution in [0.3, 0.4) is 0 Å². The van der Waals surface area contributed by atoms with Crippen molar-refractivity contribution in [1.82, 2.24) is 9.88 Å². The molecule has 0 saturated heterocycles. The number of nitrogens with two attached hydrogens (primary N) is 1. The molecule has 0 aliphatic carbocycles. The van der Waals surface area contributed by atoms with E-state index in [-0.39, 0.29) is 11.4 Å². The summed E-state index contributed by atoms with van der Waals surface area (Å²) in [7, 11) is 0. The molecule has 0 radical (unpaired) electrons. The fraction of sp³-hybridized carbons (Fsp3) is 0.267. The zero-order chi connectivity index (χ0) is 15.2. The third-order valence-corrected chi connectivity index (χ3v) is 3.37. The lowest BCUT2D eigenvalue weighted by molar-refractivity contribution is -0.384. The van der Waals surface area contributed by atoms with Crippen LogP contribution in [0, 0.1) is 10.1 Å². The van der Waals surface area contributed by atoms with Gasteiger partial charge in [-0.3, -0.25) is 20.0 Å². The molecule has 0 atom stereocenters. The first-order chi connectivity index (χ1) is 10.1. The Morgan fingerprint density at radius 1 is 1.24 bits per heavy atom. The Balaban J connectivity index is 2.15. The van der Waals surface area contributed by atoms with Gasteiger partial charge in [0.15, 0.2) is 0 Å². The number of anilines is 1. The highest BCUT2D eigenvalue weighted by Gasteiger charge is 2.16. The van der Waals surface area contributed by atoms with E-state index in [0.29, 0.717) is 6.54 Å². The van der Waals surface area contributed by atoms with Gasteiger partial charge in [-0.2, -0.15) is 0 Å². The summed E-state index contributed by atoms with van der Waals surface area (Å²) in [5.74, 6) is 0. The van der Waals surface area contributed by atoms with Crippen molar-refractivity contribution in [2.75, 3.05) is 12.3 Å². The van der Waals surface area contributed by atoms with E-state index in [1.165, 1.54) is 6.07 Å². The molecular formula is C15H18N4O2. The molecule has 0 bridgehead atoms. The third kappa shape index (κ3) is 3.76. The van der Waals surface area contributed by atoms with Gasteiger partial charge >= 0.3 is 0 Å². The number of pyridine rings is 1. The molecule has 6 heteroatoms. The average Bonchev–Trinajstić information content (AvgIpc) is 2.49. The number of para-hydroxylation sites is 1. The van der Waals surface area contributed by atoms with Crippen molar-refractivity contribution in [3.05, 3.63) is 64.0 Å². The first-order valence-electron chi connectivity index (χ1n) is 6.74. The van der Waals surface area contributed by atoms with E-state index in [0.717, 1.165) is 24.2 Å². The molecular weight excluding hydrogens is 268 g/mol. The maximum atomic E-state index is 10.9. The van der Waals surface area contributed by atoms with Gasteiger partial charge < -0.3 is 5.73 Å². The zero-order valence-corrected chi connectivity index (χ0v) is 11.9. The highest BCUT2D eigenvalue weighted by atomic mass is 16.6. The molecule has 0 amide bonds. The van der Waals surface area contributed by atoms with E-state index in [9.17, 15) is 10.1 Å². The van der Waals surface area contributed by atoms with Gasteiger partial charge in [-0.15, -0.1) is 0 Å². The molecule has 21 heavy (non-hydrogen) atoms. The van der Waals surface area contributed by atoms with Gasteiger partial charge in [-0.25, -0.2) is 0 Å². The second-order valence-electron chi connectivity index (χ2n) is 4.77. The molecule has 0 aliphatic heterocycles. The van der Waals surface area contributed by atoms with Crippen molar-refractivity contribution in [1.29, 1.82) is 0 Å². The molecule has 1 aromatic carbocycles. The fourth-order valence-corrected chi connectivity index (χ4v) is 2.16.